The van der Waals surface area contributed by atoms with Crippen molar-refractivity contribution in [2.45, 2.75) is 65.3 Å². The topological polar surface area (TPSA) is 114 Å². The molecule has 0 saturated carbocycles. The van der Waals surface area contributed by atoms with Crippen LogP contribution in [0.4, 0.5) is 0 Å². The van der Waals surface area contributed by atoms with Gasteiger partial charge < -0.3 is 19.7 Å². The van der Waals surface area contributed by atoms with Gasteiger partial charge in [-0.05, 0) is 11.8 Å². The summed E-state index contributed by atoms with van der Waals surface area (Å²) in [5.41, 5.74) is -0.796. The monoisotopic (exact) mass is 356 g/mol. The third kappa shape index (κ3) is 4.58. The number of hydrogen-bond acceptors (Lipinski definition) is 6. The zero-order chi connectivity index (χ0) is 18.7. The molecule has 1 saturated heterocycles. The van der Waals surface area contributed by atoms with Crippen LogP contribution in [0.1, 0.15) is 45.9 Å². The van der Waals surface area contributed by atoms with Gasteiger partial charge in [-0.2, -0.15) is 0 Å². The minimum atomic E-state index is -0.861. The van der Waals surface area contributed by atoms with Gasteiger partial charge in [-0.15, -0.1) is 0 Å². The molecular formula is C17H28N2O6. The van der Waals surface area contributed by atoms with E-state index in [9.17, 15) is 14.7 Å². The smallest absolute Gasteiger partial charge is 0.330 e. The minimum Gasteiger partial charge on any atom is -0.394 e. The summed E-state index contributed by atoms with van der Waals surface area (Å²) in [4.78, 5) is 26.4. The van der Waals surface area contributed by atoms with Crippen LogP contribution in [-0.2, 0) is 16.1 Å². The van der Waals surface area contributed by atoms with Gasteiger partial charge in [-0.1, -0.05) is 27.7 Å². The Morgan fingerprint density at radius 1 is 1.32 bits per heavy atom. The molecule has 1 aliphatic heterocycles. The maximum atomic E-state index is 12.1. The lowest BCUT2D eigenvalue weighted by atomic mass is 9.96. The number of rotatable bonds is 7. The summed E-state index contributed by atoms with van der Waals surface area (Å²) in [6.07, 6.45) is -0.771. The molecule has 142 valence electrons. The summed E-state index contributed by atoms with van der Waals surface area (Å²) in [6, 6.07) is 0. The number of hydrogen-bond donors (Lipinski definition) is 3. The second kappa shape index (κ2) is 8.27. The van der Waals surface area contributed by atoms with E-state index in [1.807, 2.05) is 0 Å². The van der Waals surface area contributed by atoms with Crippen molar-refractivity contribution in [1.29, 1.82) is 0 Å². The van der Waals surface area contributed by atoms with Crippen LogP contribution in [0.15, 0.2) is 15.8 Å². The molecule has 0 aliphatic carbocycles. The minimum absolute atomic E-state index is 0.0110. The van der Waals surface area contributed by atoms with Crippen LogP contribution in [0, 0.1) is 11.8 Å². The predicted molar refractivity (Wildman–Crippen MR) is 91.2 cm³/mol. The van der Waals surface area contributed by atoms with Crippen LogP contribution >= 0.6 is 0 Å². The summed E-state index contributed by atoms with van der Waals surface area (Å²) in [6.45, 7) is 7.96. The first-order valence-corrected chi connectivity index (χ1v) is 8.64. The molecule has 3 atom stereocenters. The summed E-state index contributed by atoms with van der Waals surface area (Å²) in [5.74, 6) is 0.590. The van der Waals surface area contributed by atoms with Gasteiger partial charge in [0.25, 0.3) is 5.56 Å². The third-order valence-corrected chi connectivity index (χ3v) is 4.48. The first kappa shape index (κ1) is 19.8. The van der Waals surface area contributed by atoms with Crippen molar-refractivity contribution in [3.05, 3.63) is 32.6 Å². The van der Waals surface area contributed by atoms with E-state index in [4.69, 9.17) is 14.6 Å². The largest absolute Gasteiger partial charge is 0.394 e. The molecule has 0 amide bonds. The molecule has 2 heterocycles. The van der Waals surface area contributed by atoms with Gasteiger partial charge in [0.15, 0.2) is 0 Å². The Morgan fingerprint density at radius 3 is 2.48 bits per heavy atom. The molecule has 0 unspecified atom stereocenters. The van der Waals surface area contributed by atoms with E-state index in [0.717, 1.165) is 0 Å². The van der Waals surface area contributed by atoms with E-state index in [-0.39, 0.29) is 25.7 Å². The SMILES string of the molecule is CC(C)C(OCc1cn([C@H]2C[C@@H](O)[C@@H](CO)O2)c(=O)[nH]c1=O)C(C)C. The molecule has 0 aromatic carbocycles. The lowest BCUT2D eigenvalue weighted by molar-refractivity contribution is -0.0466. The Kier molecular flexibility index (Phi) is 6.56. The van der Waals surface area contributed by atoms with Gasteiger partial charge in [0, 0.05) is 12.6 Å². The molecule has 0 bridgehead atoms. The molecular weight excluding hydrogens is 328 g/mol. The fourth-order valence-electron chi connectivity index (χ4n) is 3.23. The second-order valence-corrected chi connectivity index (χ2v) is 7.20. The van der Waals surface area contributed by atoms with Crippen molar-refractivity contribution in [3.8, 4) is 0 Å². The Bertz CT molecular complexity index is 672. The quantitative estimate of drug-likeness (QED) is 0.651. The standard InChI is InChI=1S/C17H28N2O6/c1-9(2)15(10(3)4)24-8-11-6-19(17(23)18-16(11)22)14-5-12(21)13(7-20)25-14/h6,9-10,12-15,20-21H,5,7-8H2,1-4H3,(H,18,22,23)/t12-,13-,14-/m1/s1. The molecule has 0 spiro atoms. The second-order valence-electron chi connectivity index (χ2n) is 7.20. The van der Waals surface area contributed by atoms with E-state index in [0.29, 0.717) is 17.4 Å². The van der Waals surface area contributed by atoms with Gasteiger partial charge in [-0.25, -0.2) is 4.79 Å². The molecule has 25 heavy (non-hydrogen) atoms. The fraction of sp³-hybridized carbons (Fsp3) is 0.765. The van der Waals surface area contributed by atoms with Crippen LogP contribution in [0.3, 0.4) is 0 Å². The Labute approximate surface area is 146 Å². The highest BCUT2D eigenvalue weighted by atomic mass is 16.5. The van der Waals surface area contributed by atoms with Crippen LogP contribution < -0.4 is 11.2 Å². The lowest BCUT2D eigenvalue weighted by Gasteiger charge is -2.25. The molecule has 1 aromatic heterocycles. The molecule has 1 aromatic rings. The predicted octanol–water partition coefficient (Wildman–Crippen LogP) is 0.374. The van der Waals surface area contributed by atoms with Gasteiger partial charge in [-0.3, -0.25) is 14.3 Å². The summed E-state index contributed by atoms with van der Waals surface area (Å²) >= 11 is 0. The Morgan fingerprint density at radius 2 is 1.96 bits per heavy atom. The maximum Gasteiger partial charge on any atom is 0.330 e. The van der Waals surface area contributed by atoms with Gasteiger partial charge in [0.1, 0.15) is 12.3 Å². The number of aromatic amines is 1. The van der Waals surface area contributed by atoms with Crippen LogP contribution in [-0.4, -0.2) is 44.7 Å². The summed E-state index contributed by atoms with van der Waals surface area (Å²) in [5, 5.41) is 19.0. The third-order valence-electron chi connectivity index (χ3n) is 4.48. The average molecular weight is 356 g/mol. The number of aliphatic hydroxyl groups is 2. The average Bonchev–Trinajstić information content (AvgIpc) is 2.89. The molecule has 8 nitrogen and oxygen atoms in total. The highest BCUT2D eigenvalue weighted by molar-refractivity contribution is 5.04. The van der Waals surface area contributed by atoms with Crippen molar-refractivity contribution in [1.82, 2.24) is 9.55 Å². The van der Waals surface area contributed by atoms with Crippen molar-refractivity contribution >= 4 is 0 Å². The van der Waals surface area contributed by atoms with E-state index in [1.54, 1.807) is 0 Å². The van der Waals surface area contributed by atoms with E-state index in [1.165, 1.54) is 10.8 Å². The zero-order valence-corrected chi connectivity index (χ0v) is 15.1. The van der Waals surface area contributed by atoms with E-state index >= 15 is 0 Å². The van der Waals surface area contributed by atoms with Crippen LogP contribution in [0.25, 0.3) is 0 Å². The first-order valence-electron chi connectivity index (χ1n) is 8.64. The Hall–Kier alpha value is -1.48. The molecule has 8 heteroatoms. The normalized spacial score (nSPS) is 24.0. The number of aliphatic hydroxyl groups excluding tert-OH is 2. The first-order chi connectivity index (χ1) is 11.7. The molecule has 0 radical (unpaired) electrons. The van der Waals surface area contributed by atoms with Crippen molar-refractivity contribution in [2.75, 3.05) is 6.61 Å². The van der Waals surface area contributed by atoms with Gasteiger partial charge >= 0.3 is 5.69 Å². The zero-order valence-electron chi connectivity index (χ0n) is 15.1. The highest BCUT2D eigenvalue weighted by Gasteiger charge is 2.35. The number of nitrogens with zero attached hydrogens (tertiary/aromatic N) is 1. The van der Waals surface area contributed by atoms with Crippen LogP contribution in [0.5, 0.6) is 0 Å². The molecule has 3 N–H and O–H groups in total. The van der Waals surface area contributed by atoms with Crippen LogP contribution in [0.2, 0.25) is 0 Å². The number of aromatic nitrogens is 2. The number of ether oxygens (including phenoxy) is 2. The molecule has 2 rings (SSSR count). The van der Waals surface area contributed by atoms with Gasteiger partial charge in [0.05, 0.1) is 31.0 Å². The van der Waals surface area contributed by atoms with E-state index < -0.39 is 29.7 Å². The maximum absolute atomic E-state index is 12.1. The summed E-state index contributed by atoms with van der Waals surface area (Å²) in [7, 11) is 0. The van der Waals surface area contributed by atoms with Crippen molar-refractivity contribution < 1.29 is 19.7 Å². The number of nitrogens with one attached hydrogen (secondary N) is 1. The molecule has 1 fully saturated rings. The summed E-state index contributed by atoms with van der Waals surface area (Å²) < 4.78 is 12.6. The van der Waals surface area contributed by atoms with Crippen molar-refractivity contribution in [2.24, 2.45) is 11.8 Å². The van der Waals surface area contributed by atoms with Gasteiger partial charge in [0.2, 0.25) is 0 Å². The highest BCUT2D eigenvalue weighted by Crippen LogP contribution is 2.27. The van der Waals surface area contributed by atoms with E-state index in [2.05, 4.69) is 32.7 Å². The molecule has 1 aliphatic rings. The fourth-order valence-corrected chi connectivity index (χ4v) is 3.23. The van der Waals surface area contributed by atoms with Crippen molar-refractivity contribution in [3.63, 3.8) is 0 Å². The lowest BCUT2D eigenvalue weighted by Crippen LogP contribution is -2.35. The Balaban J connectivity index is 2.21. The number of H-pyrrole nitrogens is 1.